The van der Waals surface area contributed by atoms with E-state index in [0.717, 1.165) is 67.8 Å². The molecule has 12 aromatic rings. The van der Waals surface area contributed by atoms with Crippen LogP contribution >= 0.6 is 11.3 Å². The molecule has 0 saturated heterocycles. The number of benzene rings is 9. The van der Waals surface area contributed by atoms with Crippen LogP contribution < -0.4 is 15.4 Å². The predicted molar refractivity (Wildman–Crippen MR) is 300 cm³/mol. The van der Waals surface area contributed by atoms with Crippen LogP contribution in [0.5, 0.6) is 11.5 Å². The fourth-order valence-electron chi connectivity index (χ4n) is 9.68. The Morgan fingerprint density at radius 1 is 0.465 bits per heavy atom. The second-order valence-corrected chi connectivity index (χ2v) is 20.0. The molecular formula is C65H50N4OS. The predicted octanol–water partition coefficient (Wildman–Crippen LogP) is 18.6. The van der Waals surface area contributed by atoms with Gasteiger partial charge in [-0.05, 0) is 111 Å². The summed E-state index contributed by atoms with van der Waals surface area (Å²) in [5, 5.41) is 10.1. The van der Waals surface area contributed by atoms with Gasteiger partial charge in [-0.2, -0.15) is 0 Å². The van der Waals surface area contributed by atoms with Crippen molar-refractivity contribution in [3.8, 4) is 61.8 Å². The lowest BCUT2D eigenvalue weighted by molar-refractivity contribution is 0.483. The average Bonchev–Trinajstić information content (AvgIpc) is 3.94. The molecule has 2 N–H and O–H groups in total. The van der Waals surface area contributed by atoms with E-state index >= 15 is 0 Å². The van der Waals surface area contributed by atoms with E-state index in [1.54, 1.807) is 0 Å². The molecule has 0 unspecified atom stereocenters. The summed E-state index contributed by atoms with van der Waals surface area (Å²) < 4.78 is 11.6. The normalized spacial score (nSPS) is 11.6. The number of nitrogens with one attached hydrogen (secondary N) is 2. The topological polar surface area (TPSA) is 51.1 Å². The molecule has 12 rings (SSSR count). The number of nitrogens with zero attached hydrogens (tertiary/aromatic N) is 2. The lowest BCUT2D eigenvalue weighted by Gasteiger charge is -2.21. The van der Waals surface area contributed by atoms with E-state index < -0.39 is 0 Å². The van der Waals surface area contributed by atoms with Crippen molar-refractivity contribution in [2.24, 2.45) is 0 Å². The van der Waals surface area contributed by atoms with Crippen LogP contribution in [-0.2, 0) is 5.41 Å². The highest BCUT2D eigenvalue weighted by molar-refractivity contribution is 7.26. The van der Waals surface area contributed by atoms with Crippen LogP contribution in [-0.4, -0.2) is 9.55 Å². The van der Waals surface area contributed by atoms with Crippen LogP contribution in [0.3, 0.4) is 0 Å². The van der Waals surface area contributed by atoms with Crippen molar-refractivity contribution in [3.05, 3.63) is 242 Å². The summed E-state index contributed by atoms with van der Waals surface area (Å²) in [6.07, 6.45) is 1.93. The van der Waals surface area contributed by atoms with Crippen molar-refractivity contribution < 1.29 is 4.74 Å². The third-order valence-electron chi connectivity index (χ3n) is 13.2. The van der Waals surface area contributed by atoms with Crippen molar-refractivity contribution >= 4 is 65.3 Å². The molecule has 0 amide bonds. The van der Waals surface area contributed by atoms with Gasteiger partial charge in [0, 0.05) is 50.6 Å². The van der Waals surface area contributed by atoms with E-state index in [1.165, 1.54) is 53.5 Å². The van der Waals surface area contributed by atoms with Crippen molar-refractivity contribution in [2.75, 3.05) is 10.6 Å². The zero-order valence-corrected chi connectivity index (χ0v) is 40.5. The second kappa shape index (κ2) is 18.3. The number of rotatable bonds is 11. The smallest absolute Gasteiger partial charge is 0.137 e. The van der Waals surface area contributed by atoms with Gasteiger partial charge >= 0.3 is 0 Å². The molecule has 0 aliphatic heterocycles. The van der Waals surface area contributed by atoms with E-state index in [0.29, 0.717) is 0 Å². The quantitative estimate of drug-likeness (QED) is 0.136. The van der Waals surface area contributed by atoms with Crippen molar-refractivity contribution in [1.82, 2.24) is 9.55 Å². The number of ether oxygens (including phenoxy) is 1. The van der Waals surface area contributed by atoms with E-state index in [9.17, 15) is 0 Å². The van der Waals surface area contributed by atoms with Crippen LogP contribution in [0.1, 0.15) is 26.3 Å². The molecule has 0 fully saturated rings. The van der Waals surface area contributed by atoms with E-state index in [-0.39, 0.29) is 5.41 Å². The highest BCUT2D eigenvalue weighted by atomic mass is 32.1. The Morgan fingerprint density at radius 3 is 1.73 bits per heavy atom. The zero-order chi connectivity index (χ0) is 47.9. The average molecular weight is 935 g/mol. The molecule has 0 spiro atoms. The SMILES string of the molecule is CC(C)(C)c1ccnc(-n2c3cc(Oc4cccc(Nc5ccccc5Nc5c(-c6cccc(-c7ccccc7)c6)cccc5-c5cccc(-c6ccccc6)c5)c4)ccc3c3sc4ccccc4c32)c1. The molecule has 3 heterocycles. The largest absolute Gasteiger partial charge is 0.457 e. The first-order valence-electron chi connectivity index (χ1n) is 24.1. The van der Waals surface area contributed by atoms with Gasteiger partial charge in [0.15, 0.2) is 0 Å². The van der Waals surface area contributed by atoms with Crippen LogP contribution in [0.4, 0.5) is 22.7 Å². The lowest BCUT2D eigenvalue weighted by atomic mass is 9.88. The highest BCUT2D eigenvalue weighted by Gasteiger charge is 2.22. The first-order valence-corrected chi connectivity index (χ1v) is 24.9. The van der Waals surface area contributed by atoms with Crippen LogP contribution in [0.25, 0.3) is 81.5 Å². The Bertz CT molecular complexity index is 3800. The molecule has 0 atom stereocenters. The minimum absolute atomic E-state index is 0.0292. The number of thiophene rings is 1. The molecule has 342 valence electrons. The minimum Gasteiger partial charge on any atom is -0.457 e. The van der Waals surface area contributed by atoms with Gasteiger partial charge in [0.25, 0.3) is 0 Å². The Hall–Kier alpha value is -8.71. The number of aromatic nitrogens is 2. The Labute approximate surface area is 418 Å². The summed E-state index contributed by atoms with van der Waals surface area (Å²) in [6.45, 7) is 6.74. The molecule has 0 radical (unpaired) electrons. The van der Waals surface area contributed by atoms with Crippen molar-refractivity contribution in [3.63, 3.8) is 0 Å². The van der Waals surface area contributed by atoms with Gasteiger partial charge in [-0.25, -0.2) is 4.98 Å². The number of fused-ring (bicyclic) bond motifs is 5. The van der Waals surface area contributed by atoms with Crippen molar-refractivity contribution in [1.29, 1.82) is 0 Å². The third-order valence-corrected chi connectivity index (χ3v) is 14.4. The number of hydrogen-bond donors (Lipinski definition) is 2. The molecule has 6 heteroatoms. The summed E-state index contributed by atoms with van der Waals surface area (Å²) in [4.78, 5) is 4.96. The fraction of sp³-hybridized carbons (Fsp3) is 0.0615. The first-order chi connectivity index (χ1) is 34.8. The Balaban J connectivity index is 0.896. The van der Waals surface area contributed by atoms with Crippen LogP contribution in [0.2, 0.25) is 0 Å². The maximum Gasteiger partial charge on any atom is 0.137 e. The standard InChI is InChI=1S/C65H50N4OS/c1-65(2,3)49-36-37-66-61(40-49)69-59-42-52(34-35-55(59)64-63(69)56-28-10-13-33-60(56)71-64)70-51-27-16-26-50(41-51)67-57-31-11-12-32-58(57)68-62-53(47-24-14-22-45(38-47)43-18-6-4-7-19-43)29-17-30-54(62)48-25-15-23-46(39-48)44-20-8-5-9-21-44/h4-42,67-68H,1-3H3. The van der Waals surface area contributed by atoms with Gasteiger partial charge < -0.3 is 15.4 Å². The molecule has 0 aliphatic rings. The molecule has 71 heavy (non-hydrogen) atoms. The number of anilines is 4. The molecule has 0 aliphatic carbocycles. The molecular weight excluding hydrogens is 885 g/mol. The molecule has 9 aromatic carbocycles. The fourth-order valence-corrected chi connectivity index (χ4v) is 10.9. The highest BCUT2D eigenvalue weighted by Crippen LogP contribution is 2.45. The van der Waals surface area contributed by atoms with Gasteiger partial charge in [0.2, 0.25) is 0 Å². The van der Waals surface area contributed by atoms with Crippen molar-refractivity contribution in [2.45, 2.75) is 26.2 Å². The van der Waals surface area contributed by atoms with Crippen LogP contribution in [0.15, 0.2) is 237 Å². The van der Waals surface area contributed by atoms with Crippen LogP contribution in [0, 0.1) is 0 Å². The number of pyridine rings is 1. The van der Waals surface area contributed by atoms with Gasteiger partial charge in [-0.15, -0.1) is 11.3 Å². The monoisotopic (exact) mass is 934 g/mol. The zero-order valence-electron chi connectivity index (χ0n) is 39.7. The number of hydrogen-bond acceptors (Lipinski definition) is 5. The van der Waals surface area contributed by atoms with Gasteiger partial charge in [0.1, 0.15) is 17.3 Å². The van der Waals surface area contributed by atoms with E-state index in [4.69, 9.17) is 9.72 Å². The Kier molecular flexibility index (Phi) is 11.2. The summed E-state index contributed by atoms with van der Waals surface area (Å²) in [7, 11) is 0. The van der Waals surface area contributed by atoms with E-state index in [1.807, 2.05) is 29.7 Å². The summed E-state index contributed by atoms with van der Waals surface area (Å²) in [5.41, 5.74) is 16.4. The summed E-state index contributed by atoms with van der Waals surface area (Å²) in [5.74, 6) is 2.37. The lowest BCUT2D eigenvalue weighted by Crippen LogP contribution is -2.12. The van der Waals surface area contributed by atoms with Gasteiger partial charge in [0.05, 0.1) is 32.8 Å². The van der Waals surface area contributed by atoms with Gasteiger partial charge in [-0.1, -0.05) is 172 Å². The first kappa shape index (κ1) is 43.6. The molecule has 5 nitrogen and oxygen atoms in total. The maximum absolute atomic E-state index is 6.75. The van der Waals surface area contributed by atoms with Gasteiger partial charge in [-0.3, -0.25) is 4.57 Å². The third kappa shape index (κ3) is 8.60. The molecule has 0 saturated carbocycles. The van der Waals surface area contributed by atoms with E-state index in [2.05, 4.69) is 254 Å². The number of para-hydroxylation sites is 3. The Morgan fingerprint density at radius 2 is 1.04 bits per heavy atom. The summed E-state index contributed by atoms with van der Waals surface area (Å²) >= 11 is 1.83. The maximum atomic E-state index is 6.75. The minimum atomic E-state index is -0.0292. The molecule has 3 aromatic heterocycles. The molecule has 0 bridgehead atoms. The second-order valence-electron chi connectivity index (χ2n) is 19.0. The summed E-state index contributed by atoms with van der Waals surface area (Å²) in [6, 6.07) is 81.4.